The van der Waals surface area contributed by atoms with E-state index in [2.05, 4.69) is 17.3 Å². The molecular weight excluding hydrogens is 227 g/mol. The van der Waals surface area contributed by atoms with Crippen LogP contribution in [0.25, 0.3) is 0 Å². The maximum Gasteiger partial charge on any atom is 0.123 e. The van der Waals surface area contributed by atoms with Gasteiger partial charge in [-0.2, -0.15) is 0 Å². The van der Waals surface area contributed by atoms with Gasteiger partial charge < -0.3 is 10.2 Å². The SMILES string of the molecule is CN(CCCC1CCNC1)Cc1cccc(F)c1. The summed E-state index contributed by atoms with van der Waals surface area (Å²) in [5.41, 5.74) is 1.06. The Balaban J connectivity index is 1.66. The second-order valence-electron chi connectivity index (χ2n) is 5.37. The van der Waals surface area contributed by atoms with E-state index >= 15 is 0 Å². The van der Waals surface area contributed by atoms with Gasteiger partial charge in [0.05, 0.1) is 0 Å². The van der Waals surface area contributed by atoms with Gasteiger partial charge in [-0.3, -0.25) is 0 Å². The standard InChI is InChI=1S/C15H23FN2/c1-18(9-3-5-13-7-8-17-11-13)12-14-4-2-6-15(16)10-14/h2,4,6,10,13,17H,3,5,7-9,11-12H2,1H3. The lowest BCUT2D eigenvalue weighted by Gasteiger charge is -2.17. The number of rotatable bonds is 6. The summed E-state index contributed by atoms with van der Waals surface area (Å²) in [5.74, 6) is 0.727. The van der Waals surface area contributed by atoms with Crippen LogP contribution in [0.1, 0.15) is 24.8 Å². The average molecular weight is 250 g/mol. The zero-order valence-corrected chi connectivity index (χ0v) is 11.2. The Hall–Kier alpha value is -0.930. The van der Waals surface area contributed by atoms with Crippen molar-refractivity contribution in [3.05, 3.63) is 35.6 Å². The van der Waals surface area contributed by atoms with Gasteiger partial charge in [0.2, 0.25) is 0 Å². The average Bonchev–Trinajstić information content (AvgIpc) is 2.82. The Morgan fingerprint density at radius 3 is 3.06 bits per heavy atom. The molecule has 1 aliphatic heterocycles. The van der Waals surface area contributed by atoms with Crippen molar-refractivity contribution >= 4 is 0 Å². The van der Waals surface area contributed by atoms with E-state index in [1.54, 1.807) is 12.1 Å². The van der Waals surface area contributed by atoms with Gasteiger partial charge in [0.25, 0.3) is 0 Å². The summed E-state index contributed by atoms with van der Waals surface area (Å²) in [4.78, 5) is 2.27. The summed E-state index contributed by atoms with van der Waals surface area (Å²) in [6, 6.07) is 6.89. The van der Waals surface area contributed by atoms with Crippen LogP contribution >= 0.6 is 0 Å². The third-order valence-electron chi connectivity index (χ3n) is 3.66. The predicted octanol–water partition coefficient (Wildman–Crippen LogP) is 2.65. The molecule has 1 aliphatic rings. The van der Waals surface area contributed by atoms with E-state index in [1.165, 1.54) is 38.4 Å². The van der Waals surface area contributed by atoms with E-state index in [4.69, 9.17) is 0 Å². The van der Waals surface area contributed by atoms with Gasteiger partial charge in [-0.05, 0) is 69.6 Å². The molecule has 3 heteroatoms. The lowest BCUT2D eigenvalue weighted by molar-refractivity contribution is 0.307. The lowest BCUT2D eigenvalue weighted by Crippen LogP contribution is -2.20. The molecule has 0 aromatic heterocycles. The highest BCUT2D eigenvalue weighted by molar-refractivity contribution is 5.15. The van der Waals surface area contributed by atoms with Crippen molar-refractivity contribution in [3.8, 4) is 0 Å². The molecule has 100 valence electrons. The first kappa shape index (κ1) is 13.5. The summed E-state index contributed by atoms with van der Waals surface area (Å²) in [6.45, 7) is 4.30. The van der Waals surface area contributed by atoms with Crippen molar-refractivity contribution in [1.29, 1.82) is 0 Å². The molecule has 0 saturated carbocycles. The van der Waals surface area contributed by atoms with Crippen LogP contribution in [-0.4, -0.2) is 31.6 Å². The van der Waals surface area contributed by atoms with E-state index in [1.807, 2.05) is 6.07 Å². The van der Waals surface area contributed by atoms with Crippen LogP contribution in [0.4, 0.5) is 4.39 Å². The van der Waals surface area contributed by atoms with Crippen LogP contribution in [0.2, 0.25) is 0 Å². The van der Waals surface area contributed by atoms with Crippen LogP contribution in [0.5, 0.6) is 0 Å². The number of halogens is 1. The molecule has 2 rings (SSSR count). The Morgan fingerprint density at radius 1 is 1.44 bits per heavy atom. The van der Waals surface area contributed by atoms with Gasteiger partial charge in [-0.15, -0.1) is 0 Å². The van der Waals surface area contributed by atoms with E-state index in [0.717, 1.165) is 24.6 Å². The summed E-state index contributed by atoms with van der Waals surface area (Å²) < 4.78 is 13.0. The van der Waals surface area contributed by atoms with Gasteiger partial charge >= 0.3 is 0 Å². The summed E-state index contributed by atoms with van der Waals surface area (Å²) in [6.07, 6.45) is 3.87. The van der Waals surface area contributed by atoms with Crippen LogP contribution in [0.15, 0.2) is 24.3 Å². The molecule has 0 spiro atoms. The number of benzene rings is 1. The third-order valence-corrected chi connectivity index (χ3v) is 3.66. The van der Waals surface area contributed by atoms with Crippen molar-refractivity contribution in [2.75, 3.05) is 26.7 Å². The van der Waals surface area contributed by atoms with Crippen molar-refractivity contribution < 1.29 is 4.39 Å². The fourth-order valence-corrected chi connectivity index (χ4v) is 2.64. The minimum absolute atomic E-state index is 0.141. The summed E-state index contributed by atoms with van der Waals surface area (Å²) in [5, 5.41) is 3.40. The molecule has 18 heavy (non-hydrogen) atoms. The van der Waals surface area contributed by atoms with E-state index in [9.17, 15) is 4.39 Å². The van der Waals surface area contributed by atoms with Gasteiger partial charge in [0.15, 0.2) is 0 Å². The molecule has 0 radical (unpaired) electrons. The van der Waals surface area contributed by atoms with Crippen LogP contribution < -0.4 is 5.32 Å². The minimum Gasteiger partial charge on any atom is -0.316 e. The molecule has 0 bridgehead atoms. The lowest BCUT2D eigenvalue weighted by atomic mass is 10.0. The van der Waals surface area contributed by atoms with Gasteiger partial charge in [0.1, 0.15) is 5.82 Å². The van der Waals surface area contributed by atoms with E-state index in [-0.39, 0.29) is 5.82 Å². The molecule has 0 amide bonds. The largest absolute Gasteiger partial charge is 0.316 e. The maximum atomic E-state index is 13.0. The molecule has 2 nitrogen and oxygen atoms in total. The van der Waals surface area contributed by atoms with E-state index < -0.39 is 0 Å². The monoisotopic (exact) mass is 250 g/mol. The normalized spacial score (nSPS) is 19.6. The Morgan fingerprint density at radius 2 is 2.33 bits per heavy atom. The maximum absolute atomic E-state index is 13.0. The Kier molecular flexibility index (Phi) is 5.14. The fourth-order valence-electron chi connectivity index (χ4n) is 2.64. The highest BCUT2D eigenvalue weighted by atomic mass is 19.1. The number of nitrogens with zero attached hydrogens (tertiary/aromatic N) is 1. The Bertz CT molecular complexity index is 361. The predicted molar refractivity (Wildman–Crippen MR) is 72.9 cm³/mol. The van der Waals surface area contributed by atoms with Crippen LogP contribution in [-0.2, 0) is 6.54 Å². The summed E-state index contributed by atoms with van der Waals surface area (Å²) >= 11 is 0. The molecule has 0 aliphatic carbocycles. The fraction of sp³-hybridized carbons (Fsp3) is 0.600. The highest BCUT2D eigenvalue weighted by Gasteiger charge is 2.13. The number of hydrogen-bond acceptors (Lipinski definition) is 2. The van der Waals surface area contributed by atoms with Crippen molar-refractivity contribution in [2.24, 2.45) is 5.92 Å². The minimum atomic E-state index is -0.141. The van der Waals surface area contributed by atoms with Crippen molar-refractivity contribution in [3.63, 3.8) is 0 Å². The van der Waals surface area contributed by atoms with Gasteiger partial charge in [0, 0.05) is 6.54 Å². The van der Waals surface area contributed by atoms with E-state index in [0.29, 0.717) is 0 Å². The van der Waals surface area contributed by atoms with Crippen LogP contribution in [0.3, 0.4) is 0 Å². The van der Waals surface area contributed by atoms with Gasteiger partial charge in [-0.1, -0.05) is 12.1 Å². The highest BCUT2D eigenvalue weighted by Crippen LogP contribution is 2.15. The molecule has 1 N–H and O–H groups in total. The first-order valence-corrected chi connectivity index (χ1v) is 6.88. The zero-order chi connectivity index (χ0) is 12.8. The third kappa shape index (κ3) is 4.39. The molecular formula is C15H23FN2. The van der Waals surface area contributed by atoms with Crippen LogP contribution in [0, 0.1) is 11.7 Å². The smallest absolute Gasteiger partial charge is 0.123 e. The van der Waals surface area contributed by atoms with Crippen molar-refractivity contribution in [1.82, 2.24) is 10.2 Å². The molecule has 1 atom stereocenters. The molecule has 1 aromatic carbocycles. The first-order valence-electron chi connectivity index (χ1n) is 6.88. The molecule has 1 heterocycles. The van der Waals surface area contributed by atoms with Gasteiger partial charge in [-0.25, -0.2) is 4.39 Å². The topological polar surface area (TPSA) is 15.3 Å². The molecule has 1 unspecified atom stereocenters. The Labute approximate surface area is 109 Å². The molecule has 1 fully saturated rings. The second kappa shape index (κ2) is 6.86. The second-order valence-corrected chi connectivity index (χ2v) is 5.37. The number of nitrogens with one attached hydrogen (secondary N) is 1. The molecule has 1 aromatic rings. The molecule has 1 saturated heterocycles. The summed E-state index contributed by atoms with van der Waals surface area (Å²) in [7, 11) is 2.11. The first-order chi connectivity index (χ1) is 8.74. The van der Waals surface area contributed by atoms with Crippen molar-refractivity contribution in [2.45, 2.75) is 25.8 Å². The number of hydrogen-bond donors (Lipinski definition) is 1. The zero-order valence-electron chi connectivity index (χ0n) is 11.2. The quantitative estimate of drug-likeness (QED) is 0.835.